The molecule has 1 fully saturated rings. The highest BCUT2D eigenvalue weighted by Crippen LogP contribution is 2.16. The van der Waals surface area contributed by atoms with Crippen LogP contribution in [0.1, 0.15) is 25.3 Å². The summed E-state index contributed by atoms with van der Waals surface area (Å²) >= 11 is 0. The second-order valence-corrected chi connectivity index (χ2v) is 5.85. The van der Waals surface area contributed by atoms with E-state index in [1.54, 1.807) is 0 Å². The van der Waals surface area contributed by atoms with Gasteiger partial charge in [0.05, 0.1) is 0 Å². The lowest BCUT2D eigenvalue weighted by molar-refractivity contribution is 0.153. The maximum Gasteiger partial charge on any atom is 0.0193 e. The number of likely N-dealkylation sites (tertiary alicyclic amines) is 1. The Labute approximate surface area is 117 Å². The van der Waals surface area contributed by atoms with Gasteiger partial charge in [0, 0.05) is 12.6 Å². The summed E-state index contributed by atoms with van der Waals surface area (Å²) in [5, 5.41) is 0. The average Bonchev–Trinajstić information content (AvgIpc) is 2.40. The average molecular weight is 258 g/mol. The molecule has 2 rings (SSSR count). The molecule has 19 heavy (non-hydrogen) atoms. The van der Waals surface area contributed by atoms with E-state index in [2.05, 4.69) is 67.2 Å². The van der Waals surface area contributed by atoms with Crippen molar-refractivity contribution in [3.8, 4) is 0 Å². The van der Waals surface area contributed by atoms with Gasteiger partial charge in [-0.3, -0.25) is 4.90 Å². The van der Waals surface area contributed by atoms with Gasteiger partial charge in [0.2, 0.25) is 0 Å². The third kappa shape index (κ3) is 4.48. The van der Waals surface area contributed by atoms with Crippen LogP contribution in [-0.2, 0) is 0 Å². The van der Waals surface area contributed by atoms with E-state index < -0.39 is 0 Å². The highest BCUT2D eigenvalue weighted by molar-refractivity contribution is 5.52. The molecule has 0 N–H and O–H groups in total. The third-order valence-electron chi connectivity index (χ3n) is 4.02. The topological polar surface area (TPSA) is 6.48 Å². The molecule has 104 valence electrons. The number of nitrogens with zero attached hydrogens (tertiary/aromatic N) is 2. The van der Waals surface area contributed by atoms with Crippen LogP contribution in [0.15, 0.2) is 35.9 Å². The Bertz CT molecular complexity index is 403. The molecule has 0 aromatic heterocycles. The van der Waals surface area contributed by atoms with Crippen molar-refractivity contribution in [3.05, 3.63) is 41.5 Å². The fourth-order valence-corrected chi connectivity index (χ4v) is 2.84. The lowest BCUT2D eigenvalue weighted by Gasteiger charge is -2.35. The Hall–Kier alpha value is -1.12. The van der Waals surface area contributed by atoms with Gasteiger partial charge in [0.1, 0.15) is 0 Å². The van der Waals surface area contributed by atoms with Crippen LogP contribution in [-0.4, -0.2) is 49.6 Å². The quantitative estimate of drug-likeness (QED) is 0.819. The lowest BCUT2D eigenvalue weighted by Crippen LogP contribution is -2.42. The molecule has 1 aromatic carbocycles. The largest absolute Gasteiger partial charge is 0.306 e. The predicted molar refractivity (Wildman–Crippen MR) is 83.2 cm³/mol. The van der Waals surface area contributed by atoms with Gasteiger partial charge >= 0.3 is 0 Å². The van der Waals surface area contributed by atoms with Crippen LogP contribution in [0.25, 0.3) is 6.08 Å². The second-order valence-electron chi connectivity index (χ2n) is 5.85. The standard InChI is InChI=1S/C17H26N2/c1-15(13-16-7-5-4-6-8-16)14-19(3)17-9-11-18(2)12-10-17/h4-8,13,17H,9-12,14H2,1-3H3. The molecule has 1 heterocycles. The maximum atomic E-state index is 2.52. The van der Waals surface area contributed by atoms with Crippen molar-refractivity contribution < 1.29 is 0 Å². The number of hydrogen-bond acceptors (Lipinski definition) is 2. The second kappa shape index (κ2) is 6.88. The van der Waals surface area contributed by atoms with E-state index in [-0.39, 0.29) is 0 Å². The first-order chi connectivity index (χ1) is 9.15. The van der Waals surface area contributed by atoms with Crippen LogP contribution in [0.4, 0.5) is 0 Å². The summed E-state index contributed by atoms with van der Waals surface area (Å²) in [4.78, 5) is 4.94. The van der Waals surface area contributed by atoms with Crippen LogP contribution in [0.5, 0.6) is 0 Å². The summed E-state index contributed by atoms with van der Waals surface area (Å²) in [5.74, 6) is 0. The van der Waals surface area contributed by atoms with E-state index in [0.717, 1.165) is 12.6 Å². The van der Waals surface area contributed by atoms with Crippen molar-refractivity contribution in [3.63, 3.8) is 0 Å². The summed E-state index contributed by atoms with van der Waals surface area (Å²) in [7, 11) is 4.48. The highest BCUT2D eigenvalue weighted by atomic mass is 15.2. The van der Waals surface area contributed by atoms with E-state index in [1.807, 2.05) is 0 Å². The molecule has 1 saturated heterocycles. The van der Waals surface area contributed by atoms with E-state index in [9.17, 15) is 0 Å². The molecular formula is C17H26N2. The van der Waals surface area contributed by atoms with Crippen molar-refractivity contribution in [1.29, 1.82) is 0 Å². The van der Waals surface area contributed by atoms with Crippen molar-refractivity contribution >= 4 is 6.08 Å². The lowest BCUT2D eigenvalue weighted by atomic mass is 10.0. The molecule has 0 bridgehead atoms. The monoisotopic (exact) mass is 258 g/mol. The molecular weight excluding hydrogens is 232 g/mol. The number of piperidine rings is 1. The van der Waals surface area contributed by atoms with Gasteiger partial charge in [-0.2, -0.15) is 0 Å². The van der Waals surface area contributed by atoms with Crippen LogP contribution in [0.3, 0.4) is 0 Å². The maximum absolute atomic E-state index is 2.52. The molecule has 0 atom stereocenters. The molecule has 1 aliphatic heterocycles. The fourth-order valence-electron chi connectivity index (χ4n) is 2.84. The van der Waals surface area contributed by atoms with E-state index in [4.69, 9.17) is 0 Å². The highest BCUT2D eigenvalue weighted by Gasteiger charge is 2.20. The Balaban J connectivity index is 1.88. The first kappa shape index (κ1) is 14.3. The zero-order valence-corrected chi connectivity index (χ0v) is 12.5. The molecule has 2 heteroatoms. The van der Waals surface area contributed by atoms with Crippen molar-refractivity contribution in [2.75, 3.05) is 33.7 Å². The number of rotatable bonds is 4. The molecule has 0 aliphatic carbocycles. The number of hydrogen-bond donors (Lipinski definition) is 0. The van der Waals surface area contributed by atoms with Crippen LogP contribution in [0, 0.1) is 0 Å². The Kier molecular flexibility index (Phi) is 5.17. The molecule has 2 nitrogen and oxygen atoms in total. The Morgan fingerprint density at radius 3 is 2.53 bits per heavy atom. The fraction of sp³-hybridized carbons (Fsp3) is 0.529. The molecule has 0 saturated carbocycles. The van der Waals surface area contributed by atoms with Gasteiger partial charge in [-0.1, -0.05) is 42.0 Å². The van der Waals surface area contributed by atoms with Gasteiger partial charge in [-0.05, 0) is 52.5 Å². The molecule has 0 radical (unpaired) electrons. The summed E-state index contributed by atoms with van der Waals surface area (Å²) in [5.41, 5.74) is 2.74. The molecule has 0 spiro atoms. The Morgan fingerprint density at radius 2 is 1.89 bits per heavy atom. The van der Waals surface area contributed by atoms with Gasteiger partial charge in [0.15, 0.2) is 0 Å². The van der Waals surface area contributed by atoms with Crippen LogP contribution < -0.4 is 0 Å². The predicted octanol–water partition coefficient (Wildman–Crippen LogP) is 3.12. The van der Waals surface area contributed by atoms with E-state index in [0.29, 0.717) is 0 Å². The molecule has 1 aliphatic rings. The number of benzene rings is 1. The summed E-state index contributed by atoms with van der Waals surface area (Å²) < 4.78 is 0. The number of likely N-dealkylation sites (N-methyl/N-ethyl adjacent to an activating group) is 1. The van der Waals surface area contributed by atoms with Gasteiger partial charge in [0.25, 0.3) is 0 Å². The molecule has 0 amide bonds. The minimum atomic E-state index is 0.746. The van der Waals surface area contributed by atoms with Crippen LogP contribution in [0.2, 0.25) is 0 Å². The summed E-state index contributed by atoms with van der Waals surface area (Å²) in [6.45, 7) is 5.77. The molecule has 1 aromatic rings. The van der Waals surface area contributed by atoms with E-state index in [1.165, 1.54) is 37.1 Å². The third-order valence-corrected chi connectivity index (χ3v) is 4.02. The van der Waals surface area contributed by atoms with Crippen molar-refractivity contribution in [1.82, 2.24) is 9.80 Å². The SMILES string of the molecule is CC(=Cc1ccccc1)CN(C)C1CCN(C)CC1. The first-order valence-electron chi connectivity index (χ1n) is 7.26. The minimum Gasteiger partial charge on any atom is -0.306 e. The minimum absolute atomic E-state index is 0.746. The first-order valence-corrected chi connectivity index (χ1v) is 7.26. The molecule has 0 unspecified atom stereocenters. The normalized spacial score (nSPS) is 19.1. The van der Waals surface area contributed by atoms with Gasteiger partial charge < -0.3 is 4.90 Å². The summed E-state index contributed by atoms with van der Waals surface area (Å²) in [6, 6.07) is 11.3. The van der Waals surface area contributed by atoms with Crippen molar-refractivity contribution in [2.45, 2.75) is 25.8 Å². The summed E-state index contributed by atoms with van der Waals surface area (Å²) in [6.07, 6.45) is 4.89. The van der Waals surface area contributed by atoms with Crippen molar-refractivity contribution in [2.24, 2.45) is 0 Å². The van der Waals surface area contributed by atoms with E-state index >= 15 is 0 Å². The van der Waals surface area contributed by atoms with Crippen LogP contribution >= 0.6 is 0 Å². The van der Waals surface area contributed by atoms with Gasteiger partial charge in [-0.25, -0.2) is 0 Å². The van der Waals surface area contributed by atoms with Gasteiger partial charge in [-0.15, -0.1) is 0 Å². The zero-order chi connectivity index (χ0) is 13.7. The zero-order valence-electron chi connectivity index (χ0n) is 12.5. The smallest absolute Gasteiger partial charge is 0.0193 e. The Morgan fingerprint density at radius 1 is 1.26 bits per heavy atom.